The second kappa shape index (κ2) is 5.86. The molecule has 0 aromatic heterocycles. The van der Waals surface area contributed by atoms with Crippen molar-refractivity contribution in [3.8, 4) is 0 Å². The van der Waals surface area contributed by atoms with Gasteiger partial charge in [0.05, 0.1) is 5.25 Å². The molecule has 0 N–H and O–H groups in total. The maximum atomic E-state index is 11.9. The van der Waals surface area contributed by atoms with Crippen molar-refractivity contribution in [2.24, 2.45) is 0 Å². The summed E-state index contributed by atoms with van der Waals surface area (Å²) in [5, 5.41) is 0.224. The van der Waals surface area contributed by atoms with Gasteiger partial charge in [-0.25, -0.2) is 0 Å². The monoisotopic (exact) mass is 235 g/mol. The largest absolute Gasteiger partial charge is 0.343 e. The van der Waals surface area contributed by atoms with Gasteiger partial charge in [0, 0.05) is 19.0 Å². The molecule has 2 nitrogen and oxygen atoms in total. The molecule has 1 aliphatic rings. The predicted octanol–water partition coefficient (Wildman–Crippen LogP) is 2.36. The van der Waals surface area contributed by atoms with Crippen LogP contribution in [0.3, 0.4) is 0 Å². The van der Waals surface area contributed by atoms with Crippen LogP contribution in [0.15, 0.2) is 0 Å². The Morgan fingerprint density at radius 3 is 2.86 bits per heavy atom. The van der Waals surface area contributed by atoms with Crippen molar-refractivity contribution in [1.82, 2.24) is 4.90 Å². The third-order valence-corrected chi connectivity index (χ3v) is 3.86. The molecule has 1 rings (SSSR count). The Hall–Kier alpha value is 0.110. The van der Waals surface area contributed by atoms with Gasteiger partial charge in [0.25, 0.3) is 0 Å². The Kier molecular flexibility index (Phi) is 5.10. The van der Waals surface area contributed by atoms with Crippen LogP contribution < -0.4 is 0 Å². The van der Waals surface area contributed by atoms with E-state index in [2.05, 4.69) is 0 Å². The van der Waals surface area contributed by atoms with Gasteiger partial charge in [-0.15, -0.1) is 23.4 Å². The van der Waals surface area contributed by atoms with E-state index in [0.717, 1.165) is 12.2 Å². The summed E-state index contributed by atoms with van der Waals surface area (Å²) in [4.78, 5) is 13.6. The smallest absolute Gasteiger partial charge is 0.235 e. The van der Waals surface area contributed by atoms with Crippen LogP contribution in [-0.2, 0) is 4.79 Å². The zero-order valence-electron chi connectivity index (χ0n) is 8.83. The molecule has 1 aliphatic heterocycles. The van der Waals surface area contributed by atoms with Crippen molar-refractivity contribution >= 4 is 29.3 Å². The zero-order chi connectivity index (χ0) is 10.6. The molecule has 1 saturated heterocycles. The van der Waals surface area contributed by atoms with Gasteiger partial charge in [-0.05, 0) is 25.5 Å². The molecule has 1 heterocycles. The van der Waals surface area contributed by atoms with Crippen LogP contribution in [0.2, 0.25) is 0 Å². The Labute approximate surface area is 95.4 Å². The molecule has 14 heavy (non-hydrogen) atoms. The van der Waals surface area contributed by atoms with Gasteiger partial charge in [0.15, 0.2) is 0 Å². The van der Waals surface area contributed by atoms with Crippen molar-refractivity contribution in [1.29, 1.82) is 0 Å². The van der Waals surface area contributed by atoms with E-state index in [9.17, 15) is 4.79 Å². The van der Waals surface area contributed by atoms with Crippen molar-refractivity contribution < 1.29 is 4.79 Å². The second-order valence-electron chi connectivity index (χ2n) is 3.85. The highest BCUT2D eigenvalue weighted by atomic mass is 35.5. The Morgan fingerprint density at radius 2 is 2.36 bits per heavy atom. The van der Waals surface area contributed by atoms with Crippen LogP contribution >= 0.6 is 23.4 Å². The lowest BCUT2D eigenvalue weighted by Gasteiger charge is -2.26. The normalized spacial score (nSPS) is 24.4. The Morgan fingerprint density at radius 1 is 1.64 bits per heavy atom. The maximum Gasteiger partial charge on any atom is 0.235 e. The minimum Gasteiger partial charge on any atom is -0.343 e. The Balaban J connectivity index is 2.38. The standard InChI is InChI=1S/C10H18ClNOS/c1-8(11)7-12(2)10(13)9-5-3-4-6-14-9/h8-9H,3-7H2,1-2H3. The van der Waals surface area contributed by atoms with Gasteiger partial charge in [-0.2, -0.15) is 0 Å². The summed E-state index contributed by atoms with van der Waals surface area (Å²) in [6, 6.07) is 0. The van der Waals surface area contributed by atoms with Gasteiger partial charge in [0.2, 0.25) is 5.91 Å². The predicted molar refractivity (Wildman–Crippen MR) is 63.0 cm³/mol. The highest BCUT2D eigenvalue weighted by Gasteiger charge is 2.24. The van der Waals surface area contributed by atoms with Crippen molar-refractivity contribution in [2.75, 3.05) is 19.3 Å². The summed E-state index contributed by atoms with van der Waals surface area (Å²) in [5.41, 5.74) is 0. The molecule has 0 radical (unpaired) electrons. The lowest BCUT2D eigenvalue weighted by Crippen LogP contribution is -2.38. The first kappa shape index (κ1) is 12.2. The van der Waals surface area contributed by atoms with Crippen molar-refractivity contribution in [3.05, 3.63) is 0 Å². The lowest BCUT2D eigenvalue weighted by molar-refractivity contribution is -0.129. The minimum absolute atomic E-state index is 0.0394. The van der Waals surface area contributed by atoms with Crippen LogP contribution in [0.1, 0.15) is 26.2 Å². The van der Waals surface area contributed by atoms with E-state index in [1.807, 2.05) is 14.0 Å². The quantitative estimate of drug-likeness (QED) is 0.700. The summed E-state index contributed by atoms with van der Waals surface area (Å²) in [7, 11) is 1.84. The van der Waals surface area contributed by atoms with E-state index in [1.54, 1.807) is 16.7 Å². The average molecular weight is 236 g/mol. The molecule has 0 aromatic carbocycles. The molecule has 1 fully saturated rings. The molecule has 1 amide bonds. The second-order valence-corrected chi connectivity index (χ2v) is 5.91. The highest BCUT2D eigenvalue weighted by Crippen LogP contribution is 2.26. The van der Waals surface area contributed by atoms with Crippen molar-refractivity contribution in [3.63, 3.8) is 0 Å². The fourth-order valence-corrected chi connectivity index (χ4v) is 3.17. The van der Waals surface area contributed by atoms with Crippen LogP contribution in [0, 0.1) is 0 Å². The van der Waals surface area contributed by atoms with Crippen LogP contribution in [0.4, 0.5) is 0 Å². The number of nitrogens with zero attached hydrogens (tertiary/aromatic N) is 1. The molecule has 82 valence electrons. The van der Waals surface area contributed by atoms with Gasteiger partial charge in [0.1, 0.15) is 0 Å². The third kappa shape index (κ3) is 3.70. The number of amides is 1. The zero-order valence-corrected chi connectivity index (χ0v) is 10.4. The highest BCUT2D eigenvalue weighted by molar-refractivity contribution is 8.00. The summed E-state index contributed by atoms with van der Waals surface area (Å²) < 4.78 is 0. The number of halogens is 1. The summed E-state index contributed by atoms with van der Waals surface area (Å²) in [5.74, 6) is 1.38. The number of rotatable bonds is 3. The van der Waals surface area contributed by atoms with Gasteiger partial charge >= 0.3 is 0 Å². The van der Waals surface area contributed by atoms with E-state index >= 15 is 0 Å². The third-order valence-electron chi connectivity index (χ3n) is 2.36. The van der Waals surface area contributed by atoms with Crippen LogP contribution in [-0.4, -0.2) is 40.8 Å². The van der Waals surface area contributed by atoms with E-state index in [0.29, 0.717) is 6.54 Å². The van der Waals surface area contributed by atoms with E-state index < -0.39 is 0 Å². The van der Waals surface area contributed by atoms with Gasteiger partial charge < -0.3 is 4.90 Å². The number of carbonyl (C=O) groups is 1. The topological polar surface area (TPSA) is 20.3 Å². The van der Waals surface area contributed by atoms with E-state index in [1.165, 1.54) is 12.8 Å². The molecule has 2 unspecified atom stereocenters. The molecule has 4 heteroatoms. The SMILES string of the molecule is CC(Cl)CN(C)C(=O)C1CCCCS1. The number of hydrogen-bond acceptors (Lipinski definition) is 2. The van der Waals surface area contributed by atoms with Gasteiger partial charge in [-0.1, -0.05) is 6.42 Å². The summed E-state index contributed by atoms with van der Waals surface area (Å²) >= 11 is 7.65. The van der Waals surface area contributed by atoms with E-state index in [-0.39, 0.29) is 16.5 Å². The maximum absolute atomic E-state index is 11.9. The number of thioether (sulfide) groups is 1. The van der Waals surface area contributed by atoms with Crippen LogP contribution in [0.5, 0.6) is 0 Å². The van der Waals surface area contributed by atoms with Crippen molar-refractivity contribution in [2.45, 2.75) is 36.8 Å². The number of alkyl halides is 1. The first-order chi connectivity index (χ1) is 6.61. The summed E-state index contributed by atoms with van der Waals surface area (Å²) in [6.07, 6.45) is 3.47. The lowest BCUT2D eigenvalue weighted by atomic mass is 10.1. The van der Waals surface area contributed by atoms with Gasteiger partial charge in [-0.3, -0.25) is 4.79 Å². The number of hydrogen-bond donors (Lipinski definition) is 0. The molecule has 0 spiro atoms. The fourth-order valence-electron chi connectivity index (χ4n) is 1.65. The first-order valence-corrected chi connectivity index (χ1v) is 6.60. The molecule has 0 aliphatic carbocycles. The molecule has 0 saturated carbocycles. The molecule has 2 atom stereocenters. The molecule has 0 bridgehead atoms. The van der Waals surface area contributed by atoms with E-state index in [4.69, 9.17) is 11.6 Å². The molecular weight excluding hydrogens is 218 g/mol. The number of carbonyl (C=O) groups excluding carboxylic acids is 1. The molecular formula is C10H18ClNOS. The van der Waals surface area contributed by atoms with Crippen LogP contribution in [0.25, 0.3) is 0 Å². The summed E-state index contributed by atoms with van der Waals surface area (Å²) in [6.45, 7) is 2.57. The molecule has 0 aromatic rings. The first-order valence-electron chi connectivity index (χ1n) is 5.12. The Bertz CT molecular complexity index is 193. The minimum atomic E-state index is 0.0394. The fraction of sp³-hybridized carbons (Fsp3) is 0.900. The average Bonchev–Trinajstić information content (AvgIpc) is 2.17.